The molecule has 1 amide bonds. The van der Waals surface area contributed by atoms with E-state index in [-0.39, 0.29) is 17.9 Å². The van der Waals surface area contributed by atoms with Crippen LogP contribution in [0.3, 0.4) is 0 Å². The zero-order valence-electron chi connectivity index (χ0n) is 19.8. The van der Waals surface area contributed by atoms with Crippen LogP contribution in [0.2, 0.25) is 0 Å². The number of nitrogens with one attached hydrogen (secondary N) is 1. The first-order valence-corrected chi connectivity index (χ1v) is 11.9. The molecule has 7 nitrogen and oxygen atoms in total. The van der Waals surface area contributed by atoms with Crippen molar-refractivity contribution in [3.63, 3.8) is 0 Å². The summed E-state index contributed by atoms with van der Waals surface area (Å²) in [7, 11) is 3.57. The lowest BCUT2D eigenvalue weighted by molar-refractivity contribution is -0.130. The van der Waals surface area contributed by atoms with Gasteiger partial charge < -0.3 is 24.5 Å². The Balaban J connectivity index is 1.16. The monoisotopic (exact) mass is 457 g/mol. The van der Waals surface area contributed by atoms with Crippen LogP contribution in [-0.4, -0.2) is 59.9 Å². The van der Waals surface area contributed by atoms with E-state index in [0.717, 1.165) is 35.7 Å². The number of carbonyl (C=O) groups excluding carboxylic acids is 1. The molecule has 1 N–H and O–H groups in total. The van der Waals surface area contributed by atoms with Crippen LogP contribution in [0, 0.1) is 11.3 Å². The zero-order chi connectivity index (χ0) is 23.7. The van der Waals surface area contributed by atoms with Crippen molar-refractivity contribution in [1.82, 2.24) is 14.5 Å². The fourth-order valence-corrected chi connectivity index (χ4v) is 5.24. The van der Waals surface area contributed by atoms with E-state index < -0.39 is 0 Å². The number of rotatable bonds is 7. The summed E-state index contributed by atoms with van der Waals surface area (Å²) in [6.07, 6.45) is 6.18. The van der Waals surface area contributed by atoms with Gasteiger partial charge in [0.2, 0.25) is 5.91 Å². The first-order valence-electron chi connectivity index (χ1n) is 11.9. The summed E-state index contributed by atoms with van der Waals surface area (Å²) < 4.78 is 7.50. The lowest BCUT2D eigenvalue weighted by Crippen LogP contribution is -2.44. The second-order valence-electron chi connectivity index (χ2n) is 9.23. The van der Waals surface area contributed by atoms with Crippen LogP contribution in [-0.2, 0) is 4.79 Å². The number of nitrogens with zero attached hydrogens (tertiary/aromatic N) is 4. The number of ether oxygens (including phenoxy) is 1. The maximum atomic E-state index is 12.9. The summed E-state index contributed by atoms with van der Waals surface area (Å²) in [5.74, 6) is 1.13. The van der Waals surface area contributed by atoms with E-state index in [0.29, 0.717) is 26.1 Å². The molecule has 176 valence electrons. The number of aromatic nitrogens is 2. The molecule has 2 aliphatic rings. The molecule has 34 heavy (non-hydrogen) atoms. The van der Waals surface area contributed by atoms with Gasteiger partial charge in [0.05, 0.1) is 37.9 Å². The molecule has 7 heteroatoms. The fourth-order valence-electron chi connectivity index (χ4n) is 5.24. The van der Waals surface area contributed by atoms with Crippen LogP contribution in [0.1, 0.15) is 30.9 Å². The summed E-state index contributed by atoms with van der Waals surface area (Å²) in [6.45, 7) is 1.74. The minimum atomic E-state index is 0.128. The molecule has 1 saturated heterocycles. The van der Waals surface area contributed by atoms with Crippen molar-refractivity contribution >= 4 is 17.3 Å². The second-order valence-corrected chi connectivity index (χ2v) is 9.23. The second kappa shape index (κ2) is 9.33. The van der Waals surface area contributed by atoms with E-state index in [9.17, 15) is 4.79 Å². The number of piperidine rings is 1. The number of carbonyl (C=O) groups is 1. The Hall–Kier alpha value is -3.61. The Morgan fingerprint density at radius 2 is 1.97 bits per heavy atom. The maximum Gasteiger partial charge on any atom is 0.242 e. The molecular formula is C27H31N5O2. The van der Waals surface area contributed by atoms with Gasteiger partial charge in [-0.2, -0.15) is 0 Å². The Morgan fingerprint density at radius 1 is 1.18 bits per heavy atom. The van der Waals surface area contributed by atoms with Gasteiger partial charge >= 0.3 is 0 Å². The average Bonchev–Trinajstić information content (AvgIpc) is 3.46. The largest absolute Gasteiger partial charge is 0.497 e. The van der Waals surface area contributed by atoms with Crippen molar-refractivity contribution in [2.24, 2.45) is 5.92 Å². The van der Waals surface area contributed by atoms with Gasteiger partial charge in [-0.05, 0) is 36.5 Å². The lowest BCUT2D eigenvalue weighted by Gasteiger charge is -2.34. The predicted octanol–water partition coefficient (Wildman–Crippen LogP) is 4.25. The van der Waals surface area contributed by atoms with E-state index in [4.69, 9.17) is 10.1 Å². The summed E-state index contributed by atoms with van der Waals surface area (Å²) in [6, 6.07) is 16.3. The predicted molar refractivity (Wildman–Crippen MR) is 134 cm³/mol. The molecule has 0 spiro atoms. The normalized spacial score (nSPS) is 17.2. The van der Waals surface area contributed by atoms with Crippen molar-refractivity contribution in [1.29, 1.82) is 5.41 Å². The third kappa shape index (κ3) is 4.18. The van der Waals surface area contributed by atoms with Gasteiger partial charge in [0, 0.05) is 49.6 Å². The van der Waals surface area contributed by atoms with Gasteiger partial charge in [-0.25, -0.2) is 4.98 Å². The topological polar surface area (TPSA) is 74.5 Å². The highest BCUT2D eigenvalue weighted by molar-refractivity contribution is 5.86. The average molecular weight is 458 g/mol. The number of fused-ring (bicyclic) bond motifs is 3. The third-order valence-electron chi connectivity index (χ3n) is 7.22. The van der Waals surface area contributed by atoms with E-state index in [1.165, 1.54) is 11.1 Å². The SMILES string of the molecule is COc1cccc(N(C)CC(=O)N2CCC(C(=N)CC3c4ccccc4-c4cncn43)CC2)c1. The summed E-state index contributed by atoms with van der Waals surface area (Å²) >= 11 is 0. The number of benzene rings is 2. The van der Waals surface area contributed by atoms with Crippen LogP contribution >= 0.6 is 0 Å². The number of likely N-dealkylation sites (N-methyl/N-ethyl adjacent to an activating group) is 1. The Labute approximate surface area is 200 Å². The number of likely N-dealkylation sites (tertiary alicyclic amines) is 1. The first kappa shape index (κ1) is 22.2. The van der Waals surface area contributed by atoms with Gasteiger partial charge in [-0.3, -0.25) is 4.79 Å². The Bertz CT molecular complexity index is 1190. The highest BCUT2D eigenvalue weighted by atomic mass is 16.5. The minimum Gasteiger partial charge on any atom is -0.497 e. The highest BCUT2D eigenvalue weighted by Crippen LogP contribution is 2.41. The van der Waals surface area contributed by atoms with E-state index >= 15 is 0 Å². The molecule has 0 aliphatic carbocycles. The van der Waals surface area contributed by atoms with Gasteiger partial charge in [-0.1, -0.05) is 30.3 Å². The summed E-state index contributed by atoms with van der Waals surface area (Å²) in [4.78, 5) is 21.2. The van der Waals surface area contributed by atoms with Crippen LogP contribution in [0.25, 0.3) is 11.3 Å². The van der Waals surface area contributed by atoms with Crippen LogP contribution in [0.4, 0.5) is 5.69 Å². The van der Waals surface area contributed by atoms with Gasteiger partial charge in [0.15, 0.2) is 0 Å². The standard InChI is InChI=1S/C27H31N5O2/c1-30(20-6-5-7-21(14-20)34-2)17-27(33)31-12-10-19(11-13-31)24(28)15-25-22-8-3-4-9-23(22)26-16-29-18-32(25)26/h3-9,14,16,18-19,25,28H,10-13,15,17H2,1-2H3. The Morgan fingerprint density at radius 3 is 2.76 bits per heavy atom. The maximum absolute atomic E-state index is 12.9. The van der Waals surface area contributed by atoms with E-state index in [2.05, 4.69) is 33.8 Å². The highest BCUT2D eigenvalue weighted by Gasteiger charge is 2.32. The number of hydrogen-bond donors (Lipinski definition) is 1. The van der Waals surface area contributed by atoms with Crippen LogP contribution < -0.4 is 9.64 Å². The van der Waals surface area contributed by atoms with Crippen molar-refractivity contribution < 1.29 is 9.53 Å². The number of imidazole rings is 1. The van der Waals surface area contributed by atoms with Gasteiger partial charge in [-0.15, -0.1) is 0 Å². The lowest BCUT2D eigenvalue weighted by atomic mass is 9.87. The van der Waals surface area contributed by atoms with Crippen molar-refractivity contribution in [3.8, 4) is 17.0 Å². The molecule has 3 heterocycles. The van der Waals surface area contributed by atoms with Crippen LogP contribution in [0.5, 0.6) is 5.75 Å². The molecule has 5 rings (SSSR count). The molecule has 0 saturated carbocycles. The number of amides is 1. The zero-order valence-corrected chi connectivity index (χ0v) is 19.8. The van der Waals surface area contributed by atoms with E-state index in [1.54, 1.807) is 7.11 Å². The molecule has 1 atom stereocenters. The molecule has 0 radical (unpaired) electrons. The summed E-state index contributed by atoms with van der Waals surface area (Å²) in [5.41, 5.74) is 5.37. The molecule has 1 aromatic heterocycles. The first-order chi connectivity index (χ1) is 16.5. The number of anilines is 1. The molecule has 1 unspecified atom stereocenters. The smallest absolute Gasteiger partial charge is 0.242 e. The molecular weight excluding hydrogens is 426 g/mol. The van der Waals surface area contributed by atoms with Crippen molar-refractivity contribution in [2.75, 3.05) is 38.7 Å². The van der Waals surface area contributed by atoms with E-state index in [1.807, 2.05) is 53.6 Å². The summed E-state index contributed by atoms with van der Waals surface area (Å²) in [5, 5.41) is 8.86. The Kier molecular flexibility index (Phi) is 6.09. The quantitative estimate of drug-likeness (QED) is 0.539. The molecule has 2 aromatic carbocycles. The molecule has 0 bridgehead atoms. The minimum absolute atomic E-state index is 0.128. The fraction of sp³-hybridized carbons (Fsp3) is 0.370. The third-order valence-corrected chi connectivity index (χ3v) is 7.22. The number of methoxy groups -OCH3 is 1. The molecule has 3 aromatic rings. The molecule has 2 aliphatic heterocycles. The number of hydrogen-bond acceptors (Lipinski definition) is 5. The van der Waals surface area contributed by atoms with Gasteiger partial charge in [0.1, 0.15) is 5.75 Å². The van der Waals surface area contributed by atoms with Crippen molar-refractivity contribution in [3.05, 3.63) is 66.6 Å². The van der Waals surface area contributed by atoms with Crippen LogP contribution in [0.15, 0.2) is 61.1 Å². The van der Waals surface area contributed by atoms with Gasteiger partial charge in [0.25, 0.3) is 0 Å². The van der Waals surface area contributed by atoms with Crippen molar-refractivity contribution in [2.45, 2.75) is 25.3 Å². The molecule has 1 fully saturated rings.